The molecule has 2 aromatic rings. The van der Waals surface area contributed by atoms with Crippen LogP contribution in [0.2, 0.25) is 5.02 Å². The molecule has 0 aliphatic heterocycles. The predicted octanol–water partition coefficient (Wildman–Crippen LogP) is 3.37. The number of carbonyl (C=O) groups excluding carboxylic acids is 2. The van der Waals surface area contributed by atoms with Crippen LogP contribution in [0.4, 0.5) is 0 Å². The van der Waals surface area contributed by atoms with Gasteiger partial charge in [0.05, 0.1) is 6.04 Å². The molecule has 3 rings (SSSR count). The van der Waals surface area contributed by atoms with Crippen LogP contribution in [-0.2, 0) is 4.79 Å². The Morgan fingerprint density at radius 2 is 1.96 bits per heavy atom. The zero-order valence-electron chi connectivity index (χ0n) is 12.5. The second-order valence-electron chi connectivity index (χ2n) is 5.70. The van der Waals surface area contributed by atoms with Gasteiger partial charge >= 0.3 is 0 Å². The smallest absolute Gasteiger partial charge is 0.270 e. The molecule has 23 heavy (non-hydrogen) atoms. The number of benzene rings is 1. The van der Waals surface area contributed by atoms with Crippen molar-refractivity contribution in [3.05, 3.63) is 64.9 Å². The summed E-state index contributed by atoms with van der Waals surface area (Å²) in [5, 5.41) is 3.52. The number of nitrogens with zero attached hydrogens (tertiary/aromatic N) is 1. The highest BCUT2D eigenvalue weighted by atomic mass is 35.5. The van der Waals surface area contributed by atoms with E-state index in [1.165, 1.54) is 0 Å². The molecule has 1 heterocycles. The van der Waals surface area contributed by atoms with Crippen molar-refractivity contribution in [2.24, 2.45) is 0 Å². The van der Waals surface area contributed by atoms with E-state index in [1.807, 2.05) is 24.3 Å². The van der Waals surface area contributed by atoms with E-state index in [0.717, 1.165) is 12.0 Å². The molecule has 1 aromatic carbocycles. The van der Waals surface area contributed by atoms with Crippen LogP contribution in [0.3, 0.4) is 0 Å². The van der Waals surface area contributed by atoms with Crippen molar-refractivity contribution in [2.45, 2.75) is 31.2 Å². The minimum absolute atomic E-state index is 0.0672. The van der Waals surface area contributed by atoms with Crippen LogP contribution in [0.5, 0.6) is 0 Å². The Morgan fingerprint density at radius 3 is 2.70 bits per heavy atom. The number of aromatic nitrogens is 1. The van der Waals surface area contributed by atoms with Gasteiger partial charge in [-0.25, -0.2) is 0 Å². The van der Waals surface area contributed by atoms with Crippen LogP contribution < -0.4 is 5.32 Å². The molecule has 1 aliphatic carbocycles. The van der Waals surface area contributed by atoms with E-state index in [4.69, 9.17) is 11.6 Å². The molecule has 1 aromatic heterocycles. The maximum absolute atomic E-state index is 12.2. The third-order valence-corrected chi connectivity index (χ3v) is 4.54. The lowest BCUT2D eigenvalue weighted by Crippen LogP contribution is -2.44. The normalized spacial score (nSPS) is 21.0. The molecular weight excluding hydrogens is 312 g/mol. The Bertz CT molecular complexity index is 718. The van der Waals surface area contributed by atoms with Crippen molar-refractivity contribution in [3.8, 4) is 0 Å². The summed E-state index contributed by atoms with van der Waals surface area (Å²) in [6.07, 6.45) is 3.34. The van der Waals surface area contributed by atoms with Gasteiger partial charge in [0.25, 0.3) is 5.91 Å². The van der Waals surface area contributed by atoms with Crippen molar-refractivity contribution < 1.29 is 9.59 Å². The van der Waals surface area contributed by atoms with E-state index in [-0.39, 0.29) is 17.6 Å². The number of rotatable bonds is 3. The van der Waals surface area contributed by atoms with Crippen molar-refractivity contribution in [1.29, 1.82) is 0 Å². The SMILES string of the molecule is O=C(NC1CC(c2ccccc2Cl)CCC1=O)c1ccccn1. The first-order valence-electron chi connectivity index (χ1n) is 7.64. The Hall–Kier alpha value is -2.20. The number of amides is 1. The standard InChI is InChI=1S/C18H17ClN2O2/c19-14-6-2-1-5-13(14)12-8-9-17(22)16(11-12)21-18(23)15-7-3-4-10-20-15/h1-7,10,12,16H,8-9,11H2,(H,21,23). The third-order valence-electron chi connectivity index (χ3n) is 4.20. The number of nitrogens with one attached hydrogen (secondary N) is 1. The average molecular weight is 329 g/mol. The van der Waals surface area contributed by atoms with Crippen LogP contribution in [0, 0.1) is 0 Å². The lowest BCUT2D eigenvalue weighted by atomic mass is 9.80. The monoisotopic (exact) mass is 328 g/mol. The fourth-order valence-electron chi connectivity index (χ4n) is 2.98. The number of hydrogen-bond acceptors (Lipinski definition) is 3. The fraction of sp³-hybridized carbons (Fsp3) is 0.278. The van der Waals surface area contributed by atoms with Gasteiger partial charge in [0, 0.05) is 17.6 Å². The minimum Gasteiger partial charge on any atom is -0.341 e. The molecule has 2 unspecified atom stereocenters. The number of pyridine rings is 1. The van der Waals surface area contributed by atoms with Crippen molar-refractivity contribution in [2.75, 3.05) is 0 Å². The summed E-state index contributed by atoms with van der Waals surface area (Å²) in [6.45, 7) is 0. The second-order valence-corrected chi connectivity index (χ2v) is 6.11. The molecule has 0 saturated heterocycles. The van der Waals surface area contributed by atoms with Gasteiger partial charge in [-0.3, -0.25) is 14.6 Å². The van der Waals surface area contributed by atoms with Gasteiger partial charge in [0.1, 0.15) is 5.69 Å². The number of hydrogen-bond donors (Lipinski definition) is 1. The largest absolute Gasteiger partial charge is 0.341 e. The highest BCUT2D eigenvalue weighted by Crippen LogP contribution is 2.35. The molecule has 1 aliphatic rings. The van der Waals surface area contributed by atoms with Crippen molar-refractivity contribution in [1.82, 2.24) is 10.3 Å². The van der Waals surface area contributed by atoms with Gasteiger partial charge in [-0.15, -0.1) is 0 Å². The van der Waals surface area contributed by atoms with Crippen LogP contribution in [0.1, 0.15) is 41.2 Å². The molecule has 4 nitrogen and oxygen atoms in total. The Labute approximate surface area is 139 Å². The van der Waals surface area contributed by atoms with Crippen molar-refractivity contribution in [3.63, 3.8) is 0 Å². The zero-order valence-corrected chi connectivity index (χ0v) is 13.3. The van der Waals surface area contributed by atoms with Crippen LogP contribution >= 0.6 is 11.6 Å². The van der Waals surface area contributed by atoms with E-state index in [1.54, 1.807) is 24.4 Å². The fourth-order valence-corrected chi connectivity index (χ4v) is 3.27. The van der Waals surface area contributed by atoms with E-state index < -0.39 is 6.04 Å². The lowest BCUT2D eigenvalue weighted by molar-refractivity contribution is -0.122. The first kappa shape index (κ1) is 15.7. The molecular formula is C18H17ClN2O2. The van der Waals surface area contributed by atoms with Crippen molar-refractivity contribution >= 4 is 23.3 Å². The summed E-state index contributed by atoms with van der Waals surface area (Å²) >= 11 is 6.26. The first-order valence-corrected chi connectivity index (χ1v) is 8.02. The lowest BCUT2D eigenvalue weighted by Gasteiger charge is -2.29. The average Bonchev–Trinajstić information content (AvgIpc) is 2.58. The van der Waals surface area contributed by atoms with Gasteiger partial charge in [-0.2, -0.15) is 0 Å². The van der Waals surface area contributed by atoms with Crippen LogP contribution in [-0.4, -0.2) is 22.7 Å². The minimum atomic E-state index is -0.487. The molecule has 2 atom stereocenters. The summed E-state index contributed by atoms with van der Waals surface area (Å²) in [4.78, 5) is 28.4. The Balaban J connectivity index is 1.73. The summed E-state index contributed by atoms with van der Waals surface area (Å²) in [6, 6.07) is 12.3. The highest BCUT2D eigenvalue weighted by Gasteiger charge is 2.31. The quantitative estimate of drug-likeness (QED) is 0.939. The maximum atomic E-state index is 12.2. The summed E-state index contributed by atoms with van der Waals surface area (Å²) in [5.74, 6) is -0.0724. The number of carbonyl (C=O) groups is 2. The van der Waals surface area contributed by atoms with Gasteiger partial charge in [0.2, 0.25) is 0 Å². The molecule has 1 fully saturated rings. The number of halogens is 1. The van der Waals surface area contributed by atoms with E-state index in [9.17, 15) is 9.59 Å². The molecule has 0 bridgehead atoms. The Morgan fingerprint density at radius 1 is 1.17 bits per heavy atom. The molecule has 118 valence electrons. The number of Topliss-reactive ketones (excluding diaryl/α,β-unsaturated/α-hetero) is 1. The van der Waals surface area contributed by atoms with Gasteiger partial charge in [-0.1, -0.05) is 35.9 Å². The first-order chi connectivity index (χ1) is 11.1. The molecule has 0 radical (unpaired) electrons. The van der Waals surface area contributed by atoms with Crippen LogP contribution in [0.15, 0.2) is 48.7 Å². The molecule has 1 N–H and O–H groups in total. The Kier molecular flexibility index (Phi) is 4.72. The van der Waals surface area contributed by atoms with E-state index in [2.05, 4.69) is 10.3 Å². The van der Waals surface area contributed by atoms with Gasteiger partial charge in [-0.05, 0) is 42.5 Å². The molecule has 1 saturated carbocycles. The van der Waals surface area contributed by atoms with E-state index in [0.29, 0.717) is 23.6 Å². The highest BCUT2D eigenvalue weighted by molar-refractivity contribution is 6.31. The molecule has 5 heteroatoms. The summed E-state index contributed by atoms with van der Waals surface area (Å²) in [7, 11) is 0. The van der Waals surface area contributed by atoms with E-state index >= 15 is 0 Å². The number of ketones is 1. The zero-order chi connectivity index (χ0) is 16.2. The predicted molar refractivity (Wildman–Crippen MR) is 88.5 cm³/mol. The van der Waals surface area contributed by atoms with Crippen LogP contribution in [0.25, 0.3) is 0 Å². The third kappa shape index (κ3) is 3.59. The molecule has 1 amide bonds. The maximum Gasteiger partial charge on any atom is 0.270 e. The molecule has 0 spiro atoms. The topological polar surface area (TPSA) is 59.1 Å². The second kappa shape index (κ2) is 6.92. The van der Waals surface area contributed by atoms with Gasteiger partial charge in [0.15, 0.2) is 5.78 Å². The van der Waals surface area contributed by atoms with Gasteiger partial charge < -0.3 is 5.32 Å². The summed E-state index contributed by atoms with van der Waals surface area (Å²) < 4.78 is 0. The summed E-state index contributed by atoms with van der Waals surface area (Å²) in [5.41, 5.74) is 1.36.